The molecule has 9 heteroatoms. The molecule has 30 heavy (non-hydrogen) atoms. The summed E-state index contributed by atoms with van der Waals surface area (Å²) in [6.45, 7) is 7.83. The molecule has 0 spiro atoms. The van der Waals surface area contributed by atoms with Gasteiger partial charge in [-0.3, -0.25) is 14.7 Å². The lowest BCUT2D eigenvalue weighted by molar-refractivity contribution is -0.128. The molecule has 1 N–H and O–H groups in total. The van der Waals surface area contributed by atoms with Crippen molar-refractivity contribution in [2.45, 2.75) is 19.9 Å². The van der Waals surface area contributed by atoms with Crippen LogP contribution in [0.4, 0.5) is 0 Å². The van der Waals surface area contributed by atoms with E-state index in [0.717, 1.165) is 62.3 Å². The summed E-state index contributed by atoms with van der Waals surface area (Å²) in [4.78, 5) is 22.7. The van der Waals surface area contributed by atoms with Gasteiger partial charge in [0.1, 0.15) is 11.5 Å². The molecule has 1 aromatic carbocycles. The molecule has 1 heterocycles. The molecule has 0 radical (unpaired) electrons. The van der Waals surface area contributed by atoms with E-state index in [-0.39, 0.29) is 29.9 Å². The van der Waals surface area contributed by atoms with Crippen LogP contribution < -0.4 is 14.8 Å². The van der Waals surface area contributed by atoms with Crippen LogP contribution in [-0.2, 0) is 11.3 Å². The van der Waals surface area contributed by atoms with Gasteiger partial charge in [0.05, 0.1) is 20.8 Å². The summed E-state index contributed by atoms with van der Waals surface area (Å²) in [6.07, 6.45) is 0.428. The first-order chi connectivity index (χ1) is 14.0. The van der Waals surface area contributed by atoms with Gasteiger partial charge >= 0.3 is 0 Å². The van der Waals surface area contributed by atoms with Crippen molar-refractivity contribution in [2.24, 2.45) is 4.99 Å². The first-order valence-electron chi connectivity index (χ1n) is 10.1. The molecule has 1 amide bonds. The Labute approximate surface area is 197 Å². The number of piperazine rings is 1. The summed E-state index contributed by atoms with van der Waals surface area (Å²) in [6, 6.07) is 5.91. The van der Waals surface area contributed by atoms with Crippen molar-refractivity contribution >= 4 is 35.8 Å². The van der Waals surface area contributed by atoms with Gasteiger partial charge in [0.15, 0.2) is 5.96 Å². The van der Waals surface area contributed by atoms with Crippen LogP contribution in [0.15, 0.2) is 23.2 Å². The Bertz CT molecular complexity index is 691. The van der Waals surface area contributed by atoms with Crippen LogP contribution in [-0.4, -0.2) is 94.1 Å². The van der Waals surface area contributed by atoms with Crippen molar-refractivity contribution < 1.29 is 14.3 Å². The maximum atomic E-state index is 11.8. The number of hydrogen-bond acceptors (Lipinski definition) is 5. The number of methoxy groups -OCH3 is 2. The van der Waals surface area contributed by atoms with Crippen LogP contribution in [0.3, 0.4) is 0 Å². The first-order valence-corrected chi connectivity index (χ1v) is 10.1. The highest BCUT2D eigenvalue weighted by Gasteiger charge is 2.21. The quantitative estimate of drug-likeness (QED) is 0.313. The summed E-state index contributed by atoms with van der Waals surface area (Å²) in [5.74, 6) is 2.71. The average Bonchev–Trinajstić information content (AvgIpc) is 2.73. The molecular weight excluding hydrogens is 497 g/mol. The van der Waals surface area contributed by atoms with E-state index in [0.29, 0.717) is 13.0 Å². The zero-order valence-electron chi connectivity index (χ0n) is 18.8. The summed E-state index contributed by atoms with van der Waals surface area (Å²) in [5, 5.41) is 3.35. The number of nitrogens with one attached hydrogen (secondary N) is 1. The van der Waals surface area contributed by atoms with Gasteiger partial charge in [0.2, 0.25) is 5.91 Å². The van der Waals surface area contributed by atoms with E-state index in [1.807, 2.05) is 18.2 Å². The van der Waals surface area contributed by atoms with E-state index in [4.69, 9.17) is 9.47 Å². The van der Waals surface area contributed by atoms with E-state index < -0.39 is 0 Å². The molecule has 1 aliphatic heterocycles. The highest BCUT2D eigenvalue weighted by atomic mass is 127. The Hall–Kier alpha value is -1.75. The first kappa shape index (κ1) is 26.3. The Balaban J connectivity index is 0.00000450. The molecule has 1 aliphatic rings. The standard InChI is InChI=1S/C21H35N5O3.HI/c1-6-22-21(23-10-9-20(27)24(2)3)26-13-11-25(12-14-26)16-17-15-18(28-4)7-8-19(17)29-5;/h7-8,15H,6,9-14,16H2,1-5H3,(H,22,23);1H. The molecule has 1 fully saturated rings. The largest absolute Gasteiger partial charge is 0.497 e. The van der Waals surface area contributed by atoms with Crippen LogP contribution in [0.1, 0.15) is 18.9 Å². The predicted molar refractivity (Wildman–Crippen MR) is 131 cm³/mol. The Morgan fingerprint density at radius 3 is 2.43 bits per heavy atom. The summed E-state index contributed by atoms with van der Waals surface area (Å²) < 4.78 is 10.9. The lowest BCUT2D eigenvalue weighted by atomic mass is 10.1. The van der Waals surface area contributed by atoms with Gasteiger partial charge in [-0.1, -0.05) is 0 Å². The highest BCUT2D eigenvalue weighted by Crippen LogP contribution is 2.25. The number of guanidine groups is 1. The van der Waals surface area contributed by atoms with Crippen molar-refractivity contribution in [3.63, 3.8) is 0 Å². The monoisotopic (exact) mass is 533 g/mol. The topological polar surface area (TPSA) is 69.6 Å². The lowest BCUT2D eigenvalue weighted by Crippen LogP contribution is -2.52. The normalized spacial score (nSPS) is 14.7. The Morgan fingerprint density at radius 2 is 1.87 bits per heavy atom. The predicted octanol–water partition coefficient (Wildman–Crippen LogP) is 1.88. The second-order valence-electron chi connectivity index (χ2n) is 7.21. The van der Waals surface area contributed by atoms with Gasteiger partial charge in [0, 0.05) is 65.3 Å². The number of rotatable bonds is 8. The Kier molecular flexibility index (Phi) is 11.9. The van der Waals surface area contributed by atoms with Gasteiger partial charge in [-0.15, -0.1) is 24.0 Å². The van der Waals surface area contributed by atoms with Gasteiger partial charge in [-0.25, -0.2) is 0 Å². The summed E-state index contributed by atoms with van der Waals surface area (Å²) >= 11 is 0. The van der Waals surface area contributed by atoms with E-state index in [1.54, 1.807) is 33.2 Å². The fourth-order valence-electron chi connectivity index (χ4n) is 3.27. The molecule has 0 aliphatic carbocycles. The zero-order chi connectivity index (χ0) is 21.2. The average molecular weight is 533 g/mol. The summed E-state index contributed by atoms with van der Waals surface area (Å²) in [5.41, 5.74) is 1.13. The van der Waals surface area contributed by atoms with Gasteiger partial charge < -0.3 is 24.6 Å². The molecule has 1 aromatic rings. The number of halogens is 1. The van der Waals surface area contributed by atoms with Crippen LogP contribution >= 0.6 is 24.0 Å². The van der Waals surface area contributed by atoms with Gasteiger partial charge in [-0.2, -0.15) is 0 Å². The molecule has 0 aromatic heterocycles. The van der Waals surface area contributed by atoms with Gasteiger partial charge in [-0.05, 0) is 25.1 Å². The lowest BCUT2D eigenvalue weighted by Gasteiger charge is -2.36. The molecule has 1 saturated heterocycles. The fraction of sp³-hybridized carbons (Fsp3) is 0.619. The van der Waals surface area contributed by atoms with E-state index in [9.17, 15) is 4.79 Å². The molecule has 8 nitrogen and oxygen atoms in total. The van der Waals surface area contributed by atoms with Crippen molar-refractivity contribution in [3.8, 4) is 11.5 Å². The number of amides is 1. The number of aliphatic imine (C=N–C) groups is 1. The zero-order valence-corrected chi connectivity index (χ0v) is 21.1. The van der Waals surface area contributed by atoms with Crippen molar-refractivity contribution in [1.29, 1.82) is 0 Å². The SMILES string of the molecule is CCNC(=NCCC(=O)N(C)C)N1CCN(Cc2cc(OC)ccc2OC)CC1.I. The summed E-state index contributed by atoms with van der Waals surface area (Å²) in [7, 11) is 6.92. The molecule has 0 saturated carbocycles. The van der Waals surface area contributed by atoms with Crippen LogP contribution in [0, 0.1) is 0 Å². The van der Waals surface area contributed by atoms with Crippen molar-refractivity contribution in [2.75, 3.05) is 67.6 Å². The minimum atomic E-state index is 0. The van der Waals surface area contributed by atoms with Crippen LogP contribution in [0.25, 0.3) is 0 Å². The molecule has 0 bridgehead atoms. The third-order valence-electron chi connectivity index (χ3n) is 4.97. The maximum absolute atomic E-state index is 11.8. The minimum absolute atomic E-state index is 0. The molecule has 0 unspecified atom stereocenters. The van der Waals surface area contributed by atoms with Crippen LogP contribution in [0.2, 0.25) is 0 Å². The minimum Gasteiger partial charge on any atom is -0.497 e. The van der Waals surface area contributed by atoms with Crippen molar-refractivity contribution in [3.05, 3.63) is 23.8 Å². The number of ether oxygens (including phenoxy) is 2. The van der Waals surface area contributed by atoms with Crippen molar-refractivity contribution in [1.82, 2.24) is 20.0 Å². The highest BCUT2D eigenvalue weighted by molar-refractivity contribution is 14.0. The smallest absolute Gasteiger partial charge is 0.223 e. The molecule has 170 valence electrons. The molecule has 2 rings (SSSR count). The third-order valence-corrected chi connectivity index (χ3v) is 4.97. The molecular formula is C21H36IN5O3. The fourth-order valence-corrected chi connectivity index (χ4v) is 3.27. The van der Waals surface area contributed by atoms with E-state index in [1.165, 1.54) is 0 Å². The third kappa shape index (κ3) is 7.82. The van der Waals surface area contributed by atoms with E-state index in [2.05, 4.69) is 27.0 Å². The number of nitrogens with zero attached hydrogens (tertiary/aromatic N) is 4. The number of carbonyl (C=O) groups is 1. The number of benzene rings is 1. The van der Waals surface area contributed by atoms with E-state index >= 15 is 0 Å². The molecule has 0 atom stereocenters. The second-order valence-corrected chi connectivity index (χ2v) is 7.21. The maximum Gasteiger partial charge on any atom is 0.223 e. The van der Waals surface area contributed by atoms with Crippen LogP contribution in [0.5, 0.6) is 11.5 Å². The Morgan fingerprint density at radius 1 is 1.17 bits per heavy atom. The number of hydrogen-bond donors (Lipinski definition) is 1. The van der Waals surface area contributed by atoms with Gasteiger partial charge in [0.25, 0.3) is 0 Å². The number of carbonyl (C=O) groups excluding carboxylic acids is 1. The second kappa shape index (κ2) is 13.5.